The molecule has 1 heterocycles. The summed E-state index contributed by atoms with van der Waals surface area (Å²) in [6.45, 7) is 5.17. The fraction of sp³-hybridized carbons (Fsp3) is 0.583. The smallest absolute Gasteiger partial charge is 0.0762 e. The van der Waals surface area contributed by atoms with E-state index in [0.717, 1.165) is 25.1 Å². The summed E-state index contributed by atoms with van der Waals surface area (Å²) >= 11 is 0. The Morgan fingerprint density at radius 2 is 2.20 bits per heavy atom. The summed E-state index contributed by atoms with van der Waals surface area (Å²) < 4.78 is 2.00. The minimum Gasteiger partial charge on any atom is -0.308 e. The minimum absolute atomic E-state index is 0.451. The van der Waals surface area contributed by atoms with Crippen LogP contribution in [0.15, 0.2) is 24.4 Å². The van der Waals surface area contributed by atoms with Gasteiger partial charge in [0.05, 0.1) is 5.69 Å². The molecule has 1 aliphatic carbocycles. The van der Waals surface area contributed by atoms with Gasteiger partial charge in [-0.05, 0) is 32.8 Å². The second-order valence-corrected chi connectivity index (χ2v) is 4.40. The Balaban J connectivity index is 1.82. The van der Waals surface area contributed by atoms with Crippen molar-refractivity contribution in [3.8, 4) is 0 Å². The van der Waals surface area contributed by atoms with Gasteiger partial charge in [0, 0.05) is 24.8 Å². The van der Waals surface area contributed by atoms with E-state index < -0.39 is 0 Å². The number of aromatic nitrogens is 2. The summed E-state index contributed by atoms with van der Waals surface area (Å²) in [7, 11) is 0. The zero-order valence-corrected chi connectivity index (χ0v) is 9.48. The van der Waals surface area contributed by atoms with Crippen LogP contribution in [-0.4, -0.2) is 15.8 Å². The van der Waals surface area contributed by atoms with E-state index in [-0.39, 0.29) is 0 Å². The Kier molecular flexibility index (Phi) is 3.21. The summed E-state index contributed by atoms with van der Waals surface area (Å²) in [5.74, 6) is 0. The summed E-state index contributed by atoms with van der Waals surface area (Å²) in [6.07, 6.45) is 8.85. The number of hydrogen-bond acceptors (Lipinski definition) is 2. The Bertz CT molecular complexity index is 330. The first-order valence-electron chi connectivity index (χ1n) is 5.68. The van der Waals surface area contributed by atoms with Gasteiger partial charge in [0.2, 0.25) is 0 Å². The van der Waals surface area contributed by atoms with Gasteiger partial charge in [0.1, 0.15) is 0 Å². The van der Waals surface area contributed by atoms with Gasteiger partial charge in [-0.2, -0.15) is 5.10 Å². The minimum atomic E-state index is 0.451. The third kappa shape index (κ3) is 2.69. The SMILES string of the molecule is CC(C)n1ccc(CNC2CC=CC2)n1. The molecule has 1 aromatic heterocycles. The van der Waals surface area contributed by atoms with E-state index in [9.17, 15) is 0 Å². The van der Waals surface area contributed by atoms with Crippen molar-refractivity contribution in [2.75, 3.05) is 0 Å². The van der Waals surface area contributed by atoms with Crippen molar-refractivity contribution < 1.29 is 0 Å². The maximum Gasteiger partial charge on any atom is 0.0762 e. The molecule has 0 aromatic carbocycles. The molecule has 82 valence electrons. The fourth-order valence-electron chi connectivity index (χ4n) is 1.79. The molecule has 0 aliphatic heterocycles. The molecule has 0 saturated carbocycles. The van der Waals surface area contributed by atoms with Crippen molar-refractivity contribution in [2.45, 2.75) is 45.3 Å². The van der Waals surface area contributed by atoms with Gasteiger partial charge in [-0.25, -0.2) is 0 Å². The molecule has 15 heavy (non-hydrogen) atoms. The van der Waals surface area contributed by atoms with Crippen molar-refractivity contribution in [2.24, 2.45) is 0 Å². The average molecular weight is 205 g/mol. The third-order valence-electron chi connectivity index (χ3n) is 2.77. The first-order chi connectivity index (χ1) is 7.25. The predicted octanol–water partition coefficient (Wildman–Crippen LogP) is 2.27. The lowest BCUT2D eigenvalue weighted by Gasteiger charge is -2.10. The van der Waals surface area contributed by atoms with E-state index in [4.69, 9.17) is 0 Å². The highest BCUT2D eigenvalue weighted by molar-refractivity contribution is 5.02. The molecule has 3 heteroatoms. The average Bonchev–Trinajstić information content (AvgIpc) is 2.86. The number of nitrogens with one attached hydrogen (secondary N) is 1. The molecule has 0 saturated heterocycles. The van der Waals surface area contributed by atoms with E-state index in [0.29, 0.717) is 12.1 Å². The van der Waals surface area contributed by atoms with E-state index in [1.807, 2.05) is 4.68 Å². The molecule has 1 aliphatic rings. The molecule has 0 atom stereocenters. The predicted molar refractivity (Wildman–Crippen MR) is 61.6 cm³/mol. The van der Waals surface area contributed by atoms with Gasteiger partial charge >= 0.3 is 0 Å². The van der Waals surface area contributed by atoms with Crippen molar-refractivity contribution in [3.05, 3.63) is 30.1 Å². The van der Waals surface area contributed by atoms with E-state index in [2.05, 4.69) is 48.7 Å². The highest BCUT2D eigenvalue weighted by atomic mass is 15.3. The van der Waals surface area contributed by atoms with Crippen LogP contribution in [0.4, 0.5) is 0 Å². The Labute approximate surface area is 91.2 Å². The number of rotatable bonds is 4. The lowest BCUT2D eigenvalue weighted by molar-refractivity contribution is 0.503. The van der Waals surface area contributed by atoms with Crippen molar-refractivity contribution in [1.82, 2.24) is 15.1 Å². The molecule has 3 nitrogen and oxygen atoms in total. The maximum absolute atomic E-state index is 4.50. The summed E-state index contributed by atoms with van der Waals surface area (Å²) in [5, 5.41) is 8.02. The van der Waals surface area contributed by atoms with Crippen LogP contribution < -0.4 is 5.32 Å². The second kappa shape index (κ2) is 4.62. The molecule has 1 aromatic rings. The molecule has 1 N–H and O–H groups in total. The van der Waals surface area contributed by atoms with E-state index in [1.165, 1.54) is 0 Å². The summed E-state index contributed by atoms with van der Waals surface area (Å²) in [5.41, 5.74) is 1.13. The fourth-order valence-corrected chi connectivity index (χ4v) is 1.79. The largest absolute Gasteiger partial charge is 0.308 e. The zero-order valence-electron chi connectivity index (χ0n) is 9.48. The van der Waals surface area contributed by atoms with Crippen LogP contribution in [0.2, 0.25) is 0 Å². The highest BCUT2D eigenvalue weighted by Gasteiger charge is 2.09. The Morgan fingerprint density at radius 1 is 1.47 bits per heavy atom. The summed E-state index contributed by atoms with van der Waals surface area (Å²) in [4.78, 5) is 0. The Hall–Kier alpha value is -1.09. The topological polar surface area (TPSA) is 29.9 Å². The summed E-state index contributed by atoms with van der Waals surface area (Å²) in [6, 6.07) is 3.16. The normalized spacial score (nSPS) is 16.7. The van der Waals surface area contributed by atoms with Crippen LogP contribution in [0.1, 0.15) is 38.4 Å². The van der Waals surface area contributed by atoms with Crippen molar-refractivity contribution in [3.63, 3.8) is 0 Å². The van der Waals surface area contributed by atoms with Gasteiger partial charge in [0.25, 0.3) is 0 Å². The third-order valence-corrected chi connectivity index (χ3v) is 2.77. The standard InChI is InChI=1S/C12H19N3/c1-10(2)15-8-7-12(14-15)9-13-11-5-3-4-6-11/h3-4,7-8,10-11,13H,5-6,9H2,1-2H3. The molecule has 0 spiro atoms. The van der Waals surface area contributed by atoms with Crippen LogP contribution >= 0.6 is 0 Å². The zero-order chi connectivity index (χ0) is 10.7. The molecular weight excluding hydrogens is 186 g/mol. The number of hydrogen-bond donors (Lipinski definition) is 1. The quantitative estimate of drug-likeness (QED) is 0.764. The lowest BCUT2D eigenvalue weighted by atomic mass is 10.2. The number of nitrogens with zero attached hydrogens (tertiary/aromatic N) is 2. The Morgan fingerprint density at radius 3 is 2.80 bits per heavy atom. The molecule has 0 bridgehead atoms. The molecular formula is C12H19N3. The maximum atomic E-state index is 4.50. The van der Waals surface area contributed by atoms with Crippen molar-refractivity contribution in [1.29, 1.82) is 0 Å². The molecule has 0 fully saturated rings. The van der Waals surface area contributed by atoms with Gasteiger partial charge in [0.15, 0.2) is 0 Å². The lowest BCUT2D eigenvalue weighted by Crippen LogP contribution is -2.25. The molecule has 0 radical (unpaired) electrons. The second-order valence-electron chi connectivity index (χ2n) is 4.40. The van der Waals surface area contributed by atoms with Gasteiger partial charge in [-0.15, -0.1) is 0 Å². The van der Waals surface area contributed by atoms with Crippen LogP contribution in [0, 0.1) is 0 Å². The van der Waals surface area contributed by atoms with Crippen LogP contribution in [0.25, 0.3) is 0 Å². The first-order valence-corrected chi connectivity index (χ1v) is 5.68. The molecule has 2 rings (SSSR count). The van der Waals surface area contributed by atoms with Crippen LogP contribution in [0.3, 0.4) is 0 Å². The highest BCUT2D eigenvalue weighted by Crippen LogP contribution is 2.10. The molecule has 0 amide bonds. The van der Waals surface area contributed by atoms with Gasteiger partial charge < -0.3 is 5.32 Å². The first kappa shape index (κ1) is 10.4. The van der Waals surface area contributed by atoms with E-state index >= 15 is 0 Å². The van der Waals surface area contributed by atoms with Gasteiger partial charge in [-0.3, -0.25) is 4.68 Å². The van der Waals surface area contributed by atoms with E-state index in [1.54, 1.807) is 0 Å². The molecule has 0 unspecified atom stereocenters. The van der Waals surface area contributed by atoms with Gasteiger partial charge in [-0.1, -0.05) is 12.2 Å². The van der Waals surface area contributed by atoms with Crippen LogP contribution in [0.5, 0.6) is 0 Å². The van der Waals surface area contributed by atoms with Crippen LogP contribution in [-0.2, 0) is 6.54 Å². The monoisotopic (exact) mass is 205 g/mol. The van der Waals surface area contributed by atoms with Crippen molar-refractivity contribution >= 4 is 0 Å².